The summed E-state index contributed by atoms with van der Waals surface area (Å²) in [4.78, 5) is 0. The highest BCUT2D eigenvalue weighted by atomic mass is 16.5. The van der Waals surface area contributed by atoms with Crippen molar-refractivity contribution in [2.24, 2.45) is 0 Å². The molecule has 0 radical (unpaired) electrons. The molecule has 84 valence electrons. The summed E-state index contributed by atoms with van der Waals surface area (Å²) in [6.07, 6.45) is 1.24. The summed E-state index contributed by atoms with van der Waals surface area (Å²) < 4.78 is 5.81. The Morgan fingerprint density at radius 3 is 2.80 bits per heavy atom. The van der Waals surface area contributed by atoms with Gasteiger partial charge in [0.1, 0.15) is 0 Å². The van der Waals surface area contributed by atoms with Gasteiger partial charge >= 0.3 is 0 Å². The molecule has 0 saturated heterocycles. The van der Waals surface area contributed by atoms with Crippen molar-refractivity contribution in [3.05, 3.63) is 35.4 Å². The van der Waals surface area contributed by atoms with E-state index in [1.54, 1.807) is 0 Å². The number of nitrogens with one attached hydrogen (secondary N) is 1. The summed E-state index contributed by atoms with van der Waals surface area (Å²) in [7, 11) is 1.96. The Morgan fingerprint density at radius 2 is 2.20 bits per heavy atom. The predicted octanol–water partition coefficient (Wildman–Crippen LogP) is 2.68. The van der Waals surface area contributed by atoms with Gasteiger partial charge < -0.3 is 10.1 Å². The number of likely N-dealkylation sites (N-methyl/N-ethyl adjacent to an activating group) is 1. The molecule has 0 saturated carbocycles. The fraction of sp³-hybridized carbons (Fsp3) is 0.538. The van der Waals surface area contributed by atoms with E-state index in [4.69, 9.17) is 4.74 Å². The lowest BCUT2D eigenvalue weighted by molar-refractivity contribution is 0.0543. The SMILES string of the molecule is CCCOC(CNC)c1cccc(C)c1. The zero-order valence-electron chi connectivity index (χ0n) is 9.92. The maximum absolute atomic E-state index is 5.81. The van der Waals surface area contributed by atoms with Gasteiger partial charge in [-0.1, -0.05) is 36.8 Å². The normalized spacial score (nSPS) is 12.7. The van der Waals surface area contributed by atoms with E-state index >= 15 is 0 Å². The van der Waals surface area contributed by atoms with E-state index in [9.17, 15) is 0 Å². The van der Waals surface area contributed by atoms with E-state index in [0.29, 0.717) is 0 Å². The first kappa shape index (κ1) is 12.2. The number of ether oxygens (including phenoxy) is 1. The molecule has 0 aliphatic heterocycles. The van der Waals surface area contributed by atoms with Crippen molar-refractivity contribution in [1.82, 2.24) is 5.32 Å². The third-order valence-corrected chi connectivity index (χ3v) is 2.33. The van der Waals surface area contributed by atoms with Crippen molar-refractivity contribution in [3.63, 3.8) is 0 Å². The topological polar surface area (TPSA) is 21.3 Å². The largest absolute Gasteiger partial charge is 0.372 e. The van der Waals surface area contributed by atoms with Crippen molar-refractivity contribution in [2.75, 3.05) is 20.2 Å². The minimum absolute atomic E-state index is 0.176. The summed E-state index contributed by atoms with van der Waals surface area (Å²) in [5.41, 5.74) is 2.55. The first-order valence-electron chi connectivity index (χ1n) is 5.60. The van der Waals surface area contributed by atoms with Crippen LogP contribution in [0, 0.1) is 6.92 Å². The average Bonchev–Trinajstić information content (AvgIpc) is 2.24. The Kier molecular flexibility index (Phi) is 5.37. The smallest absolute Gasteiger partial charge is 0.0949 e. The van der Waals surface area contributed by atoms with E-state index in [1.807, 2.05) is 7.05 Å². The van der Waals surface area contributed by atoms with Gasteiger partial charge in [0.2, 0.25) is 0 Å². The van der Waals surface area contributed by atoms with E-state index in [-0.39, 0.29) is 6.10 Å². The molecular formula is C13H21NO. The summed E-state index contributed by atoms with van der Waals surface area (Å²) >= 11 is 0. The van der Waals surface area contributed by atoms with Crippen LogP contribution < -0.4 is 5.32 Å². The lowest BCUT2D eigenvalue weighted by Crippen LogP contribution is -2.20. The van der Waals surface area contributed by atoms with Crippen molar-refractivity contribution >= 4 is 0 Å². The minimum atomic E-state index is 0.176. The van der Waals surface area contributed by atoms with Crippen LogP contribution in [0.4, 0.5) is 0 Å². The number of rotatable bonds is 6. The van der Waals surface area contributed by atoms with Crippen LogP contribution in [0.15, 0.2) is 24.3 Å². The molecule has 0 aromatic heterocycles. The fourth-order valence-electron chi connectivity index (χ4n) is 1.59. The zero-order valence-corrected chi connectivity index (χ0v) is 9.92. The standard InChI is InChI=1S/C13H21NO/c1-4-8-15-13(10-14-3)12-7-5-6-11(2)9-12/h5-7,9,13-14H,4,8,10H2,1-3H3. The number of benzene rings is 1. The summed E-state index contributed by atoms with van der Waals surface area (Å²) in [5.74, 6) is 0. The maximum atomic E-state index is 5.81. The summed E-state index contributed by atoms with van der Waals surface area (Å²) in [6, 6.07) is 8.52. The maximum Gasteiger partial charge on any atom is 0.0949 e. The molecule has 2 nitrogen and oxygen atoms in total. The van der Waals surface area contributed by atoms with Gasteiger partial charge in [-0.2, -0.15) is 0 Å². The van der Waals surface area contributed by atoms with Crippen molar-refractivity contribution in [1.29, 1.82) is 0 Å². The Morgan fingerprint density at radius 1 is 1.40 bits per heavy atom. The van der Waals surface area contributed by atoms with Crippen molar-refractivity contribution in [3.8, 4) is 0 Å². The predicted molar refractivity (Wildman–Crippen MR) is 64.1 cm³/mol. The van der Waals surface area contributed by atoms with Crippen LogP contribution in [0.3, 0.4) is 0 Å². The first-order valence-corrected chi connectivity index (χ1v) is 5.60. The Bertz CT molecular complexity index is 286. The van der Waals surface area contributed by atoms with Gasteiger partial charge in [0, 0.05) is 13.2 Å². The van der Waals surface area contributed by atoms with Gasteiger partial charge in [0.05, 0.1) is 6.10 Å². The molecule has 1 atom stereocenters. The van der Waals surface area contributed by atoms with E-state index in [1.165, 1.54) is 11.1 Å². The minimum Gasteiger partial charge on any atom is -0.372 e. The van der Waals surface area contributed by atoms with Crippen LogP contribution in [0.1, 0.15) is 30.6 Å². The molecule has 1 aromatic carbocycles. The van der Waals surface area contributed by atoms with Crippen LogP contribution in [-0.4, -0.2) is 20.2 Å². The van der Waals surface area contributed by atoms with Crippen LogP contribution >= 0.6 is 0 Å². The average molecular weight is 207 g/mol. The van der Waals surface area contributed by atoms with Gasteiger partial charge in [-0.25, -0.2) is 0 Å². The van der Waals surface area contributed by atoms with Gasteiger partial charge in [-0.15, -0.1) is 0 Å². The molecule has 0 amide bonds. The quantitative estimate of drug-likeness (QED) is 0.774. The van der Waals surface area contributed by atoms with Crippen LogP contribution in [-0.2, 0) is 4.74 Å². The molecule has 0 spiro atoms. The molecular weight excluding hydrogens is 186 g/mol. The number of hydrogen-bond donors (Lipinski definition) is 1. The van der Waals surface area contributed by atoms with E-state index in [0.717, 1.165) is 19.6 Å². The Labute approximate surface area is 92.6 Å². The molecule has 1 aromatic rings. The van der Waals surface area contributed by atoms with Crippen LogP contribution in [0.25, 0.3) is 0 Å². The second-order valence-corrected chi connectivity index (χ2v) is 3.83. The highest BCUT2D eigenvalue weighted by Gasteiger charge is 2.10. The molecule has 0 bridgehead atoms. The summed E-state index contributed by atoms with van der Waals surface area (Å²) in [5, 5.41) is 3.17. The number of aryl methyl sites for hydroxylation is 1. The fourth-order valence-corrected chi connectivity index (χ4v) is 1.59. The molecule has 0 aliphatic rings. The van der Waals surface area contributed by atoms with E-state index < -0.39 is 0 Å². The lowest BCUT2D eigenvalue weighted by Gasteiger charge is -2.18. The third-order valence-electron chi connectivity index (χ3n) is 2.33. The van der Waals surface area contributed by atoms with Crippen molar-refractivity contribution in [2.45, 2.75) is 26.4 Å². The highest BCUT2D eigenvalue weighted by molar-refractivity contribution is 5.24. The third kappa shape index (κ3) is 4.02. The molecule has 0 aliphatic carbocycles. The molecule has 0 fully saturated rings. The molecule has 2 heteroatoms. The molecule has 1 N–H and O–H groups in total. The van der Waals surface area contributed by atoms with Crippen LogP contribution in [0.5, 0.6) is 0 Å². The Balaban J connectivity index is 2.69. The lowest BCUT2D eigenvalue weighted by atomic mass is 10.1. The van der Waals surface area contributed by atoms with Gasteiger partial charge in [-0.3, -0.25) is 0 Å². The van der Waals surface area contributed by atoms with Crippen LogP contribution in [0.2, 0.25) is 0 Å². The second kappa shape index (κ2) is 6.59. The molecule has 15 heavy (non-hydrogen) atoms. The second-order valence-electron chi connectivity index (χ2n) is 3.83. The van der Waals surface area contributed by atoms with Gasteiger partial charge in [0.25, 0.3) is 0 Å². The number of hydrogen-bond acceptors (Lipinski definition) is 2. The summed E-state index contributed by atoms with van der Waals surface area (Å²) in [6.45, 7) is 5.93. The van der Waals surface area contributed by atoms with Crippen molar-refractivity contribution < 1.29 is 4.74 Å². The van der Waals surface area contributed by atoms with Gasteiger partial charge in [0.15, 0.2) is 0 Å². The molecule has 0 heterocycles. The van der Waals surface area contributed by atoms with E-state index in [2.05, 4.69) is 43.4 Å². The highest BCUT2D eigenvalue weighted by Crippen LogP contribution is 2.17. The molecule has 1 unspecified atom stereocenters. The monoisotopic (exact) mass is 207 g/mol. The first-order chi connectivity index (χ1) is 7.27. The Hall–Kier alpha value is -0.860. The van der Waals surface area contributed by atoms with Gasteiger partial charge in [-0.05, 0) is 26.0 Å². The molecule has 1 rings (SSSR count). The zero-order chi connectivity index (χ0) is 11.1.